The maximum absolute atomic E-state index is 13.3. The van der Waals surface area contributed by atoms with E-state index < -0.39 is 0 Å². The Bertz CT molecular complexity index is 1120. The Morgan fingerprint density at radius 2 is 2.00 bits per heavy atom. The van der Waals surface area contributed by atoms with Crippen LogP contribution < -0.4 is 10.9 Å². The number of nitrogens with zero attached hydrogens (tertiary/aromatic N) is 2. The molecule has 4 rings (SSSR count). The molecule has 2 aromatic carbocycles. The van der Waals surface area contributed by atoms with Crippen LogP contribution in [-0.2, 0) is 9.53 Å². The lowest BCUT2D eigenvalue weighted by Crippen LogP contribution is -2.33. The average Bonchev–Trinajstić information content (AvgIpc) is 3.24. The molecule has 1 atom stereocenters. The van der Waals surface area contributed by atoms with Gasteiger partial charge in [-0.3, -0.25) is 14.2 Å². The largest absolute Gasteiger partial charge is 0.376 e. The Labute approximate surface area is 179 Å². The predicted octanol–water partition coefficient (Wildman–Crippen LogP) is 3.39. The van der Waals surface area contributed by atoms with Crippen LogP contribution in [0.1, 0.15) is 24.0 Å². The molecule has 0 spiro atoms. The molecule has 7 heteroatoms. The van der Waals surface area contributed by atoms with Crippen LogP contribution in [0.2, 0.25) is 0 Å². The van der Waals surface area contributed by atoms with E-state index in [1.807, 2.05) is 44.2 Å². The first-order chi connectivity index (χ1) is 14.5. The summed E-state index contributed by atoms with van der Waals surface area (Å²) in [6.45, 7) is 5.29. The summed E-state index contributed by atoms with van der Waals surface area (Å²) in [6, 6.07) is 13.3. The van der Waals surface area contributed by atoms with Crippen molar-refractivity contribution in [3.05, 3.63) is 63.9 Å². The van der Waals surface area contributed by atoms with Crippen molar-refractivity contribution in [2.24, 2.45) is 0 Å². The molecule has 156 valence electrons. The molecule has 0 saturated carbocycles. The minimum atomic E-state index is -0.132. The SMILES string of the molecule is Cc1cc(C)cc(-n2c(SCC(=O)NCC3CCCO3)nc3ccccc3c2=O)c1. The van der Waals surface area contributed by atoms with E-state index in [1.54, 1.807) is 10.6 Å². The summed E-state index contributed by atoms with van der Waals surface area (Å²) in [6.07, 6.45) is 2.12. The molecule has 1 amide bonds. The molecule has 2 heterocycles. The van der Waals surface area contributed by atoms with E-state index in [9.17, 15) is 9.59 Å². The number of amides is 1. The standard InChI is InChI=1S/C23H25N3O3S/c1-15-10-16(2)12-17(11-15)26-22(28)19-7-3-4-8-20(19)25-23(26)30-14-21(27)24-13-18-6-5-9-29-18/h3-4,7-8,10-12,18H,5-6,9,13-14H2,1-2H3,(H,24,27). The van der Waals surface area contributed by atoms with Crippen molar-refractivity contribution < 1.29 is 9.53 Å². The van der Waals surface area contributed by atoms with Gasteiger partial charge in [0.2, 0.25) is 5.91 Å². The summed E-state index contributed by atoms with van der Waals surface area (Å²) in [5.74, 6) is 0.0901. The van der Waals surface area contributed by atoms with E-state index in [4.69, 9.17) is 9.72 Å². The third-order valence-corrected chi connectivity index (χ3v) is 6.03. The third kappa shape index (κ3) is 4.57. The molecule has 3 aromatic rings. The highest BCUT2D eigenvalue weighted by molar-refractivity contribution is 7.99. The number of thioether (sulfide) groups is 1. The summed E-state index contributed by atoms with van der Waals surface area (Å²) in [5.41, 5.74) is 3.39. The second-order valence-corrected chi connectivity index (χ2v) is 8.57. The smallest absolute Gasteiger partial charge is 0.266 e. The number of benzene rings is 2. The molecule has 30 heavy (non-hydrogen) atoms. The fourth-order valence-corrected chi connectivity index (χ4v) is 4.57. The van der Waals surface area contributed by atoms with Gasteiger partial charge in [-0.2, -0.15) is 0 Å². The molecule has 0 radical (unpaired) electrons. The first-order valence-electron chi connectivity index (χ1n) is 10.1. The normalized spacial score (nSPS) is 16.1. The number of carbonyl (C=O) groups excluding carboxylic acids is 1. The van der Waals surface area contributed by atoms with Crippen molar-refractivity contribution in [2.75, 3.05) is 18.9 Å². The van der Waals surface area contributed by atoms with Gasteiger partial charge < -0.3 is 10.1 Å². The second-order valence-electron chi connectivity index (χ2n) is 7.63. The van der Waals surface area contributed by atoms with Gasteiger partial charge in [-0.15, -0.1) is 0 Å². The zero-order valence-corrected chi connectivity index (χ0v) is 18.0. The number of ether oxygens (including phenoxy) is 1. The maximum Gasteiger partial charge on any atom is 0.266 e. The lowest BCUT2D eigenvalue weighted by atomic mass is 10.1. The Morgan fingerprint density at radius 1 is 1.23 bits per heavy atom. The van der Waals surface area contributed by atoms with Gasteiger partial charge >= 0.3 is 0 Å². The number of rotatable bonds is 6. The summed E-state index contributed by atoms with van der Waals surface area (Å²) in [4.78, 5) is 30.4. The molecule has 1 aromatic heterocycles. The fourth-order valence-electron chi connectivity index (χ4n) is 3.73. The van der Waals surface area contributed by atoms with E-state index in [0.29, 0.717) is 22.6 Å². The highest BCUT2D eigenvalue weighted by Crippen LogP contribution is 2.22. The Balaban J connectivity index is 1.64. The second kappa shape index (κ2) is 9.02. The van der Waals surface area contributed by atoms with Gasteiger partial charge in [-0.05, 0) is 62.1 Å². The molecule has 0 bridgehead atoms. The molecule has 1 aliphatic heterocycles. The molecule has 1 unspecified atom stereocenters. The van der Waals surface area contributed by atoms with Crippen LogP contribution >= 0.6 is 11.8 Å². The van der Waals surface area contributed by atoms with Crippen molar-refractivity contribution in [1.82, 2.24) is 14.9 Å². The number of para-hydroxylation sites is 1. The van der Waals surface area contributed by atoms with Crippen LogP contribution in [0.3, 0.4) is 0 Å². The zero-order valence-electron chi connectivity index (χ0n) is 17.2. The van der Waals surface area contributed by atoms with E-state index in [1.165, 1.54) is 11.8 Å². The highest BCUT2D eigenvalue weighted by Gasteiger charge is 2.18. The number of hydrogen-bond donors (Lipinski definition) is 1. The lowest BCUT2D eigenvalue weighted by Gasteiger charge is -2.15. The van der Waals surface area contributed by atoms with E-state index in [2.05, 4.69) is 11.4 Å². The van der Waals surface area contributed by atoms with Crippen molar-refractivity contribution in [2.45, 2.75) is 37.9 Å². The van der Waals surface area contributed by atoms with Crippen molar-refractivity contribution in [3.8, 4) is 5.69 Å². The van der Waals surface area contributed by atoms with E-state index >= 15 is 0 Å². The first kappa shape index (κ1) is 20.6. The number of aryl methyl sites for hydroxylation is 2. The zero-order chi connectivity index (χ0) is 21.1. The summed E-state index contributed by atoms with van der Waals surface area (Å²) >= 11 is 1.27. The Morgan fingerprint density at radius 3 is 2.73 bits per heavy atom. The summed E-state index contributed by atoms with van der Waals surface area (Å²) in [5, 5.41) is 3.99. The van der Waals surface area contributed by atoms with Crippen LogP contribution in [-0.4, -0.2) is 40.5 Å². The minimum Gasteiger partial charge on any atom is -0.376 e. The summed E-state index contributed by atoms with van der Waals surface area (Å²) in [7, 11) is 0. The molecule has 1 fully saturated rings. The van der Waals surface area contributed by atoms with Gasteiger partial charge in [0.15, 0.2) is 5.16 Å². The van der Waals surface area contributed by atoms with Gasteiger partial charge in [-0.25, -0.2) is 4.98 Å². The van der Waals surface area contributed by atoms with Crippen molar-refractivity contribution in [3.63, 3.8) is 0 Å². The molecule has 1 N–H and O–H groups in total. The lowest BCUT2D eigenvalue weighted by molar-refractivity contribution is -0.119. The molecule has 1 saturated heterocycles. The number of fused-ring (bicyclic) bond motifs is 1. The minimum absolute atomic E-state index is 0.0927. The first-order valence-corrected chi connectivity index (χ1v) is 11.1. The van der Waals surface area contributed by atoms with E-state index in [0.717, 1.165) is 36.3 Å². The molecular formula is C23H25N3O3S. The number of carbonyl (C=O) groups is 1. The topological polar surface area (TPSA) is 73.2 Å². The third-order valence-electron chi connectivity index (χ3n) is 5.09. The molecule has 6 nitrogen and oxygen atoms in total. The van der Waals surface area contributed by atoms with Crippen LogP contribution in [0.25, 0.3) is 16.6 Å². The maximum atomic E-state index is 13.3. The van der Waals surface area contributed by atoms with Crippen LogP contribution in [0.5, 0.6) is 0 Å². The van der Waals surface area contributed by atoms with Gasteiger partial charge in [0.25, 0.3) is 5.56 Å². The van der Waals surface area contributed by atoms with Gasteiger partial charge in [0, 0.05) is 13.2 Å². The van der Waals surface area contributed by atoms with Crippen molar-refractivity contribution in [1.29, 1.82) is 0 Å². The van der Waals surface area contributed by atoms with Gasteiger partial charge in [0.05, 0.1) is 28.4 Å². The Hall–Kier alpha value is -2.64. The van der Waals surface area contributed by atoms with Gasteiger partial charge in [-0.1, -0.05) is 30.0 Å². The average molecular weight is 424 g/mol. The summed E-state index contributed by atoms with van der Waals surface area (Å²) < 4.78 is 7.16. The van der Waals surface area contributed by atoms with Crippen molar-refractivity contribution >= 4 is 28.6 Å². The highest BCUT2D eigenvalue weighted by atomic mass is 32.2. The van der Waals surface area contributed by atoms with Gasteiger partial charge in [0.1, 0.15) is 0 Å². The van der Waals surface area contributed by atoms with E-state index in [-0.39, 0.29) is 23.3 Å². The predicted molar refractivity (Wildman–Crippen MR) is 120 cm³/mol. The van der Waals surface area contributed by atoms with Crippen LogP contribution in [0, 0.1) is 13.8 Å². The fraction of sp³-hybridized carbons (Fsp3) is 0.348. The molecular weight excluding hydrogens is 398 g/mol. The number of aromatic nitrogens is 2. The van der Waals surface area contributed by atoms with Crippen LogP contribution in [0.15, 0.2) is 52.4 Å². The number of hydrogen-bond acceptors (Lipinski definition) is 5. The monoisotopic (exact) mass is 423 g/mol. The van der Waals surface area contributed by atoms with Crippen LogP contribution in [0.4, 0.5) is 0 Å². The quantitative estimate of drug-likeness (QED) is 0.486. The molecule has 0 aliphatic carbocycles. The Kier molecular flexibility index (Phi) is 6.20. The number of nitrogens with one attached hydrogen (secondary N) is 1. The molecule has 1 aliphatic rings.